The van der Waals surface area contributed by atoms with Crippen molar-refractivity contribution in [3.8, 4) is 0 Å². The Kier molecular flexibility index (Phi) is 3.67. The fourth-order valence-corrected chi connectivity index (χ4v) is 3.98. The van der Waals surface area contributed by atoms with Crippen molar-refractivity contribution < 1.29 is 13.3 Å². The zero-order chi connectivity index (χ0) is 23.2. The van der Waals surface area contributed by atoms with Gasteiger partial charge in [-0.3, -0.25) is 0 Å². The molecule has 0 fully saturated rings. The van der Waals surface area contributed by atoms with Gasteiger partial charge in [-0.25, -0.2) is 0 Å². The van der Waals surface area contributed by atoms with Crippen LogP contribution in [0, 0.1) is 58.0 Å². The molecule has 0 saturated heterocycles. The zero-order valence-corrected chi connectivity index (χ0v) is 17.4. The molecule has 0 aliphatic rings. The molecule has 0 spiro atoms. The molecule has 32 heavy (non-hydrogen) atoms. The van der Waals surface area contributed by atoms with Crippen LogP contribution in [0.25, 0.3) is 44.1 Å². The second kappa shape index (κ2) is 6.03. The lowest BCUT2D eigenvalue weighted by Gasteiger charge is -2.27. The SMILES string of the molecule is Cc1c(C)n([O-])c2cc3c(cc2n1[O-])[n+](=O)c1cc2c(cc1[n+]3=O)[n+](=O)c(C)c(C)n2[O-]. The maximum atomic E-state index is 13.2. The average molecular weight is 436 g/mol. The lowest BCUT2D eigenvalue weighted by molar-refractivity contribution is -0.481. The van der Waals surface area contributed by atoms with Gasteiger partial charge in [-0.2, -0.15) is 0 Å². The van der Waals surface area contributed by atoms with Gasteiger partial charge in [0, 0.05) is 45.2 Å². The van der Waals surface area contributed by atoms with E-state index in [2.05, 4.69) is 0 Å². The molecule has 3 aromatic heterocycles. The summed E-state index contributed by atoms with van der Waals surface area (Å²) in [6.07, 6.45) is 0. The quantitative estimate of drug-likeness (QED) is 0.266. The number of rotatable bonds is 0. The minimum atomic E-state index is -0.163. The van der Waals surface area contributed by atoms with Gasteiger partial charge in [0.2, 0.25) is 0 Å². The molecule has 0 amide bonds. The minimum Gasteiger partial charge on any atom is -0.805 e. The van der Waals surface area contributed by atoms with Crippen molar-refractivity contribution in [3.63, 3.8) is 0 Å². The number of nitrogens with zero attached hydrogens (tertiary/aromatic N) is 6. The highest BCUT2D eigenvalue weighted by atomic mass is 16.5. The van der Waals surface area contributed by atoms with E-state index in [0.29, 0.717) is 27.5 Å². The summed E-state index contributed by atoms with van der Waals surface area (Å²) in [6.45, 7) is 5.89. The summed E-state index contributed by atoms with van der Waals surface area (Å²) in [5.41, 5.74) is -0.348. The van der Waals surface area contributed by atoms with E-state index >= 15 is 0 Å². The number of fused-ring (bicyclic) bond motifs is 4. The second-order valence-electron chi connectivity index (χ2n) is 7.77. The average Bonchev–Trinajstić information content (AvgIpc) is 2.80. The number of hydrogen-bond donors (Lipinski definition) is 0. The molecule has 0 aliphatic heterocycles. The third-order valence-electron chi connectivity index (χ3n) is 6.16. The van der Waals surface area contributed by atoms with Gasteiger partial charge in [0.15, 0.2) is 0 Å². The molecule has 12 nitrogen and oxygen atoms in total. The van der Waals surface area contributed by atoms with Crippen molar-refractivity contribution in [2.45, 2.75) is 27.7 Å². The highest BCUT2D eigenvalue weighted by molar-refractivity contribution is 5.92. The molecule has 3 heterocycles. The molecule has 162 valence electrons. The van der Waals surface area contributed by atoms with Crippen LogP contribution in [0.15, 0.2) is 24.3 Å². The third kappa shape index (κ3) is 2.20. The molecule has 0 atom stereocenters. The number of hydrogen-bond acceptors (Lipinski definition) is 6. The zero-order valence-electron chi connectivity index (χ0n) is 17.4. The highest BCUT2D eigenvalue weighted by Crippen LogP contribution is 2.24. The van der Waals surface area contributed by atoms with E-state index < -0.39 is 0 Å². The first kappa shape index (κ1) is 19.5. The van der Waals surface area contributed by atoms with Crippen LogP contribution in [0.5, 0.6) is 0 Å². The standard InChI is InChI=1S/C20H16N6O6/c1-9-10(2)22(28)14-6-18-17(5-13(14)21(9)27)25(31)19-7-15-16(8-20(19)26(18)32)24(30)12(4)11(3)23(15)29/h5-8H,1-4H3. The van der Waals surface area contributed by atoms with Crippen LogP contribution in [0.2, 0.25) is 0 Å². The van der Waals surface area contributed by atoms with E-state index in [9.17, 15) is 30.3 Å². The van der Waals surface area contributed by atoms with Gasteiger partial charge in [0.05, 0.1) is 36.1 Å². The molecular weight excluding hydrogens is 420 g/mol. The van der Waals surface area contributed by atoms with Gasteiger partial charge in [-0.15, -0.1) is 0 Å². The molecule has 0 unspecified atom stereocenters. The largest absolute Gasteiger partial charge is 0.805 e. The van der Waals surface area contributed by atoms with E-state index in [1.54, 1.807) is 0 Å². The van der Waals surface area contributed by atoms with Crippen LogP contribution in [0.3, 0.4) is 0 Å². The van der Waals surface area contributed by atoms with Crippen LogP contribution in [-0.4, -0.2) is 14.2 Å². The van der Waals surface area contributed by atoms with E-state index in [0.717, 1.165) is 0 Å². The fraction of sp³-hybridized carbons (Fsp3) is 0.200. The Morgan fingerprint density at radius 1 is 0.531 bits per heavy atom. The molecule has 0 saturated carbocycles. The molecule has 2 aromatic carbocycles. The van der Waals surface area contributed by atoms with Crippen LogP contribution in [0.4, 0.5) is 0 Å². The maximum Gasteiger partial charge on any atom is 0.346 e. The first-order chi connectivity index (χ1) is 15.0. The Bertz CT molecular complexity index is 1860. The Morgan fingerprint density at radius 2 is 0.906 bits per heavy atom. The van der Waals surface area contributed by atoms with E-state index in [4.69, 9.17) is 0 Å². The van der Waals surface area contributed by atoms with Gasteiger partial charge in [0.1, 0.15) is 11.6 Å². The normalized spacial score (nSPS) is 11.9. The predicted octanol–water partition coefficient (Wildman–Crippen LogP) is 1.72. The smallest absolute Gasteiger partial charge is 0.346 e. The van der Waals surface area contributed by atoms with Gasteiger partial charge >= 0.3 is 22.1 Å². The molecule has 0 aliphatic carbocycles. The first-order valence-corrected chi connectivity index (χ1v) is 9.59. The van der Waals surface area contributed by atoms with E-state index in [-0.39, 0.29) is 66.9 Å². The third-order valence-corrected chi connectivity index (χ3v) is 6.16. The van der Waals surface area contributed by atoms with Crippen molar-refractivity contribution in [2.24, 2.45) is 0 Å². The molecule has 5 aromatic rings. The number of benzene rings is 2. The summed E-state index contributed by atoms with van der Waals surface area (Å²) in [6, 6.07) is 4.68. The van der Waals surface area contributed by atoms with Crippen molar-refractivity contribution in [3.05, 3.63) is 77.4 Å². The van der Waals surface area contributed by atoms with Crippen LogP contribution in [-0.2, 0) is 0 Å². The maximum absolute atomic E-state index is 13.2. The lowest BCUT2D eigenvalue weighted by atomic mass is 10.2. The molecule has 12 heteroatoms. The summed E-state index contributed by atoms with van der Waals surface area (Å²) in [4.78, 5) is 39.0. The summed E-state index contributed by atoms with van der Waals surface area (Å²) in [5.74, 6) is 0. The van der Waals surface area contributed by atoms with Gasteiger partial charge in [-0.1, -0.05) is 0 Å². The summed E-state index contributed by atoms with van der Waals surface area (Å²) >= 11 is 0. The van der Waals surface area contributed by atoms with E-state index in [1.807, 2.05) is 0 Å². The fourth-order valence-electron chi connectivity index (χ4n) is 3.98. The molecular formula is C20H16N6O6. The predicted molar refractivity (Wildman–Crippen MR) is 116 cm³/mol. The second-order valence-corrected chi connectivity index (χ2v) is 7.77. The van der Waals surface area contributed by atoms with Gasteiger partial charge < -0.3 is 29.8 Å². The Labute approximate surface area is 177 Å². The van der Waals surface area contributed by atoms with Crippen LogP contribution in [0.1, 0.15) is 22.8 Å². The number of aromatic nitrogens is 6. The van der Waals surface area contributed by atoms with Gasteiger partial charge in [0.25, 0.3) is 11.2 Å². The monoisotopic (exact) mass is 436 g/mol. The summed E-state index contributed by atoms with van der Waals surface area (Å²) < 4.78 is 2.92. The van der Waals surface area contributed by atoms with Crippen LogP contribution >= 0.6 is 0 Å². The first-order valence-electron chi connectivity index (χ1n) is 9.59. The van der Waals surface area contributed by atoms with Gasteiger partial charge in [-0.05, 0) is 20.8 Å². The van der Waals surface area contributed by atoms with E-state index in [1.165, 1.54) is 52.0 Å². The lowest BCUT2D eigenvalue weighted by Crippen LogP contribution is -2.30. The summed E-state index contributed by atoms with van der Waals surface area (Å²) in [5, 5.41) is 37.9. The van der Waals surface area contributed by atoms with Crippen molar-refractivity contribution in [1.82, 2.24) is 14.2 Å². The van der Waals surface area contributed by atoms with Crippen LogP contribution < -0.4 is 13.3 Å². The summed E-state index contributed by atoms with van der Waals surface area (Å²) in [7, 11) is 0. The molecule has 0 N–H and O–H groups in total. The Hall–Kier alpha value is -4.48. The van der Waals surface area contributed by atoms with Crippen molar-refractivity contribution in [1.29, 1.82) is 0 Å². The van der Waals surface area contributed by atoms with Crippen molar-refractivity contribution >= 4 is 44.1 Å². The Morgan fingerprint density at radius 3 is 1.38 bits per heavy atom. The molecule has 0 radical (unpaired) electrons. The Balaban J connectivity index is 2.08. The molecule has 5 rings (SSSR count). The van der Waals surface area contributed by atoms with Crippen molar-refractivity contribution in [2.75, 3.05) is 0 Å². The topological polar surface area (TPSA) is 153 Å². The molecule has 0 bridgehead atoms. The highest BCUT2D eigenvalue weighted by Gasteiger charge is 2.31. The minimum absolute atomic E-state index is 0.0805.